The van der Waals surface area contributed by atoms with Gasteiger partial charge in [-0.25, -0.2) is 14.7 Å². The molecule has 0 atom stereocenters. The molecule has 0 spiro atoms. The molecule has 0 radical (unpaired) electrons. The molecule has 5 heteroatoms. The molecule has 0 unspecified atom stereocenters. The van der Waals surface area contributed by atoms with Gasteiger partial charge in [-0.15, -0.1) is 0 Å². The van der Waals surface area contributed by atoms with E-state index in [9.17, 15) is 5.21 Å². The molecule has 0 bridgehead atoms. The highest BCUT2D eigenvalue weighted by Gasteiger charge is 2.03. The molecule has 2 aromatic rings. The first kappa shape index (κ1) is 5.96. The van der Waals surface area contributed by atoms with Gasteiger partial charge in [0.1, 0.15) is 6.20 Å². The van der Waals surface area contributed by atoms with Gasteiger partial charge in [-0.1, -0.05) is 0 Å². The molecule has 54 valence electrons. The molecule has 0 N–H and O–H groups in total. The molecule has 2 rings (SSSR count). The van der Waals surface area contributed by atoms with E-state index in [0.29, 0.717) is 10.4 Å². The number of aromatic nitrogens is 4. The third kappa shape index (κ3) is 0.861. The number of rotatable bonds is 0. The maximum Gasteiger partial charge on any atom is 0.371 e. The van der Waals surface area contributed by atoms with Gasteiger partial charge in [-0.3, -0.25) is 0 Å². The van der Waals surface area contributed by atoms with Crippen molar-refractivity contribution < 1.29 is 4.73 Å². The van der Waals surface area contributed by atoms with E-state index in [2.05, 4.69) is 15.0 Å². The van der Waals surface area contributed by atoms with Crippen molar-refractivity contribution >= 4 is 11.3 Å². The predicted molar refractivity (Wildman–Crippen MR) is 36.3 cm³/mol. The lowest BCUT2D eigenvalue weighted by Crippen LogP contribution is -2.27. The monoisotopic (exact) mass is 148 g/mol. The summed E-state index contributed by atoms with van der Waals surface area (Å²) < 4.78 is 0.634. The second-order valence-electron chi connectivity index (χ2n) is 1.96. The van der Waals surface area contributed by atoms with Crippen molar-refractivity contribution in [3.8, 4) is 0 Å². The van der Waals surface area contributed by atoms with Crippen LogP contribution in [0, 0.1) is 5.21 Å². The molecule has 2 heterocycles. The van der Waals surface area contributed by atoms with Crippen LogP contribution < -0.4 is 4.73 Å². The average molecular weight is 148 g/mol. The van der Waals surface area contributed by atoms with Crippen molar-refractivity contribution in [3.63, 3.8) is 0 Å². The fourth-order valence-corrected chi connectivity index (χ4v) is 0.805. The SMILES string of the molecule is [O-][n+]1ccnc2nccnc21. The molecule has 0 aliphatic heterocycles. The van der Waals surface area contributed by atoms with Gasteiger partial charge in [0, 0.05) is 0 Å². The van der Waals surface area contributed by atoms with Gasteiger partial charge in [0.15, 0.2) is 6.20 Å². The van der Waals surface area contributed by atoms with Gasteiger partial charge in [-0.2, -0.15) is 0 Å². The maximum atomic E-state index is 11.0. The Balaban J connectivity index is 2.91. The fraction of sp³-hybridized carbons (Fsp3) is 0. The first-order valence-electron chi connectivity index (χ1n) is 3.03. The van der Waals surface area contributed by atoms with Crippen LogP contribution in [-0.4, -0.2) is 15.0 Å². The van der Waals surface area contributed by atoms with Crippen LogP contribution in [0.2, 0.25) is 0 Å². The van der Waals surface area contributed by atoms with E-state index in [0.717, 1.165) is 0 Å². The van der Waals surface area contributed by atoms with Gasteiger partial charge in [0.25, 0.3) is 0 Å². The lowest BCUT2D eigenvalue weighted by atomic mass is 10.6. The molecule has 0 aliphatic rings. The lowest BCUT2D eigenvalue weighted by molar-refractivity contribution is -0.579. The normalized spacial score (nSPS) is 10.2. The highest BCUT2D eigenvalue weighted by atomic mass is 16.5. The molecule has 0 aliphatic carbocycles. The molecule has 0 saturated carbocycles. The third-order valence-corrected chi connectivity index (χ3v) is 1.27. The molecule has 0 fully saturated rings. The van der Waals surface area contributed by atoms with Gasteiger partial charge in [0.2, 0.25) is 5.65 Å². The van der Waals surface area contributed by atoms with Crippen LogP contribution in [0.25, 0.3) is 11.3 Å². The smallest absolute Gasteiger partial charge is 0.371 e. The molecular formula is C6H4N4O. The van der Waals surface area contributed by atoms with Crippen molar-refractivity contribution in [1.82, 2.24) is 15.0 Å². The van der Waals surface area contributed by atoms with E-state index in [1.807, 2.05) is 0 Å². The van der Waals surface area contributed by atoms with Crippen molar-refractivity contribution in [2.24, 2.45) is 0 Å². The second-order valence-corrected chi connectivity index (χ2v) is 1.96. The summed E-state index contributed by atoms with van der Waals surface area (Å²) in [6, 6.07) is 0. The van der Waals surface area contributed by atoms with E-state index >= 15 is 0 Å². The minimum atomic E-state index is 0.245. The minimum absolute atomic E-state index is 0.245. The summed E-state index contributed by atoms with van der Waals surface area (Å²) in [4.78, 5) is 11.5. The fourth-order valence-electron chi connectivity index (χ4n) is 0.805. The lowest BCUT2D eigenvalue weighted by Gasteiger charge is -1.98. The van der Waals surface area contributed by atoms with Crippen LogP contribution in [0.3, 0.4) is 0 Å². The zero-order chi connectivity index (χ0) is 7.68. The first-order chi connectivity index (χ1) is 5.38. The highest BCUT2D eigenvalue weighted by Crippen LogP contribution is 1.94. The first-order valence-corrected chi connectivity index (χ1v) is 3.03. The van der Waals surface area contributed by atoms with Crippen molar-refractivity contribution in [1.29, 1.82) is 0 Å². The summed E-state index contributed by atoms with van der Waals surface area (Å²) in [5, 5.41) is 11.0. The van der Waals surface area contributed by atoms with Crippen molar-refractivity contribution in [2.75, 3.05) is 0 Å². The predicted octanol–water partition coefficient (Wildman–Crippen LogP) is -0.342. The minimum Gasteiger partial charge on any atom is -0.710 e. The van der Waals surface area contributed by atoms with Crippen LogP contribution in [0.4, 0.5) is 0 Å². The van der Waals surface area contributed by atoms with E-state index in [-0.39, 0.29) is 5.65 Å². The number of nitrogens with zero attached hydrogens (tertiary/aromatic N) is 4. The van der Waals surface area contributed by atoms with E-state index in [1.165, 1.54) is 24.8 Å². The van der Waals surface area contributed by atoms with E-state index in [1.54, 1.807) is 0 Å². The Morgan fingerprint density at radius 3 is 2.64 bits per heavy atom. The molecule has 5 nitrogen and oxygen atoms in total. The summed E-state index contributed by atoms with van der Waals surface area (Å²) in [6.45, 7) is 0. The highest BCUT2D eigenvalue weighted by molar-refractivity contribution is 5.58. The van der Waals surface area contributed by atoms with Crippen molar-refractivity contribution in [2.45, 2.75) is 0 Å². The second kappa shape index (κ2) is 2.12. The zero-order valence-corrected chi connectivity index (χ0v) is 5.51. The van der Waals surface area contributed by atoms with Gasteiger partial charge < -0.3 is 5.21 Å². The Morgan fingerprint density at radius 2 is 1.82 bits per heavy atom. The average Bonchev–Trinajstić information content (AvgIpc) is 2.06. The summed E-state index contributed by atoms with van der Waals surface area (Å²) in [5.74, 6) is 0. The van der Waals surface area contributed by atoms with Crippen molar-refractivity contribution in [3.05, 3.63) is 30.0 Å². The zero-order valence-electron chi connectivity index (χ0n) is 5.51. The van der Waals surface area contributed by atoms with Gasteiger partial charge >= 0.3 is 5.65 Å². The Hall–Kier alpha value is -1.78. The van der Waals surface area contributed by atoms with Crippen LogP contribution >= 0.6 is 0 Å². The molecule has 0 amide bonds. The number of hydrogen-bond acceptors (Lipinski definition) is 4. The largest absolute Gasteiger partial charge is 0.710 e. The molecule has 2 aromatic heterocycles. The topological polar surface area (TPSA) is 65.6 Å². The summed E-state index contributed by atoms with van der Waals surface area (Å²) in [5.41, 5.74) is 0.611. The summed E-state index contributed by atoms with van der Waals surface area (Å²) in [7, 11) is 0. The van der Waals surface area contributed by atoms with Crippen LogP contribution in [-0.2, 0) is 0 Å². The number of fused-ring (bicyclic) bond motifs is 1. The van der Waals surface area contributed by atoms with Crippen LogP contribution in [0.1, 0.15) is 0 Å². The van der Waals surface area contributed by atoms with Crippen LogP contribution in [0.5, 0.6) is 0 Å². The maximum absolute atomic E-state index is 11.0. The quantitative estimate of drug-likeness (QED) is 0.378. The Kier molecular flexibility index (Phi) is 1.15. The van der Waals surface area contributed by atoms with E-state index < -0.39 is 0 Å². The third-order valence-electron chi connectivity index (χ3n) is 1.27. The van der Waals surface area contributed by atoms with Gasteiger partial charge in [-0.05, 0) is 4.98 Å². The molecule has 11 heavy (non-hydrogen) atoms. The van der Waals surface area contributed by atoms with Crippen LogP contribution in [0.15, 0.2) is 24.8 Å². The van der Waals surface area contributed by atoms with E-state index in [4.69, 9.17) is 0 Å². The molecule has 0 aromatic carbocycles. The standard InChI is InChI=1S/C6H4N4O/c11-10-4-3-8-5-6(10)9-2-1-7-5/h1-4H. The summed E-state index contributed by atoms with van der Waals surface area (Å²) >= 11 is 0. The van der Waals surface area contributed by atoms with Gasteiger partial charge in [0.05, 0.1) is 12.4 Å². The Labute approximate surface area is 61.9 Å². The number of hydrogen-bond donors (Lipinski definition) is 0. The molecular weight excluding hydrogens is 144 g/mol. The molecule has 0 saturated heterocycles. The Bertz CT molecular complexity index is 384. The Morgan fingerprint density at radius 1 is 1.09 bits per heavy atom. The summed E-state index contributed by atoms with van der Waals surface area (Å²) in [6.07, 6.45) is 5.63.